The van der Waals surface area contributed by atoms with Crippen molar-refractivity contribution in [3.05, 3.63) is 40.3 Å². The van der Waals surface area contributed by atoms with Gasteiger partial charge in [-0.1, -0.05) is 11.3 Å². The number of rotatable bonds is 4. The van der Waals surface area contributed by atoms with Crippen molar-refractivity contribution < 1.29 is 9.53 Å². The van der Waals surface area contributed by atoms with Crippen molar-refractivity contribution in [2.75, 3.05) is 26.2 Å². The van der Waals surface area contributed by atoms with E-state index in [1.54, 1.807) is 28.9 Å². The minimum Gasteiger partial charge on any atom is -0.467 e. The molecule has 158 valence electrons. The fraction of sp³-hybridized carbons (Fsp3) is 0.500. The highest BCUT2D eigenvalue weighted by Crippen LogP contribution is 2.27. The van der Waals surface area contributed by atoms with E-state index in [-0.39, 0.29) is 12.0 Å². The number of likely N-dealkylation sites (tertiary alicyclic amines) is 2. The maximum absolute atomic E-state index is 13.0. The topological polar surface area (TPSA) is 58.6 Å². The van der Waals surface area contributed by atoms with E-state index in [1.165, 1.54) is 0 Å². The summed E-state index contributed by atoms with van der Waals surface area (Å²) in [6.07, 6.45) is 6.26. The second kappa shape index (κ2) is 8.61. The Kier molecular flexibility index (Phi) is 5.71. The molecule has 30 heavy (non-hydrogen) atoms. The van der Waals surface area contributed by atoms with Gasteiger partial charge in [-0.05, 0) is 50.8 Å². The number of benzene rings is 1. The molecule has 0 atom stereocenters. The summed E-state index contributed by atoms with van der Waals surface area (Å²) in [5.74, 6) is 0.150. The van der Waals surface area contributed by atoms with Crippen molar-refractivity contribution in [3.63, 3.8) is 0 Å². The molecule has 0 radical (unpaired) electrons. The first-order valence-electron chi connectivity index (χ1n) is 10.6. The number of fused-ring (bicyclic) bond motifs is 1. The highest BCUT2D eigenvalue weighted by molar-refractivity contribution is 7.18. The summed E-state index contributed by atoms with van der Waals surface area (Å²) >= 11 is 3.21. The lowest BCUT2D eigenvalue weighted by molar-refractivity contribution is 0.0425. The Morgan fingerprint density at radius 3 is 2.67 bits per heavy atom. The van der Waals surface area contributed by atoms with Crippen LogP contribution in [0.5, 0.6) is 5.19 Å². The lowest BCUT2D eigenvalue weighted by Crippen LogP contribution is -2.50. The van der Waals surface area contributed by atoms with Crippen LogP contribution in [0.25, 0.3) is 10.2 Å². The summed E-state index contributed by atoms with van der Waals surface area (Å²) in [7, 11) is 0. The molecule has 2 aliphatic heterocycles. The van der Waals surface area contributed by atoms with Gasteiger partial charge in [-0.25, -0.2) is 9.97 Å². The summed E-state index contributed by atoms with van der Waals surface area (Å²) in [5.41, 5.74) is 1.76. The first kappa shape index (κ1) is 19.9. The maximum atomic E-state index is 13.0. The van der Waals surface area contributed by atoms with Crippen LogP contribution in [-0.2, 0) is 0 Å². The van der Waals surface area contributed by atoms with Gasteiger partial charge in [0.25, 0.3) is 11.1 Å². The van der Waals surface area contributed by atoms with Gasteiger partial charge in [-0.3, -0.25) is 9.69 Å². The molecule has 2 aliphatic rings. The predicted octanol–water partition coefficient (Wildman–Crippen LogP) is 4.21. The largest absolute Gasteiger partial charge is 0.467 e. The van der Waals surface area contributed by atoms with Crippen molar-refractivity contribution in [2.24, 2.45) is 0 Å². The number of hydrogen-bond acceptors (Lipinski definition) is 7. The molecular formula is C22H26N4O2S2. The molecule has 5 rings (SSSR count). The summed E-state index contributed by atoms with van der Waals surface area (Å²) in [6, 6.07) is 6.46. The van der Waals surface area contributed by atoms with E-state index < -0.39 is 0 Å². The van der Waals surface area contributed by atoms with Crippen LogP contribution in [0.1, 0.15) is 41.0 Å². The van der Waals surface area contributed by atoms with Gasteiger partial charge in [0.2, 0.25) is 0 Å². The van der Waals surface area contributed by atoms with Gasteiger partial charge >= 0.3 is 0 Å². The molecule has 0 aliphatic carbocycles. The third kappa shape index (κ3) is 4.22. The summed E-state index contributed by atoms with van der Waals surface area (Å²) in [4.78, 5) is 26.3. The zero-order chi connectivity index (χ0) is 20.5. The Balaban J connectivity index is 1.13. The van der Waals surface area contributed by atoms with Crippen LogP contribution in [-0.4, -0.2) is 64.0 Å². The molecule has 2 saturated heterocycles. The van der Waals surface area contributed by atoms with Gasteiger partial charge in [0.05, 0.1) is 15.2 Å². The number of ether oxygens (including phenoxy) is 1. The Morgan fingerprint density at radius 1 is 1.13 bits per heavy atom. The number of hydrogen-bond donors (Lipinski definition) is 0. The minimum absolute atomic E-state index is 0.150. The highest BCUT2D eigenvalue weighted by Gasteiger charge is 2.30. The number of aromatic nitrogens is 2. The molecule has 2 aromatic heterocycles. The number of thiazole rings is 2. The van der Waals surface area contributed by atoms with Gasteiger partial charge in [0.15, 0.2) is 0 Å². The normalized spacial score (nSPS) is 19.4. The van der Waals surface area contributed by atoms with Crippen LogP contribution in [0.2, 0.25) is 0 Å². The van der Waals surface area contributed by atoms with Gasteiger partial charge in [-0.2, -0.15) is 0 Å². The molecule has 0 spiro atoms. The van der Waals surface area contributed by atoms with Gasteiger partial charge in [0, 0.05) is 49.4 Å². The number of carbonyl (C=O) groups excluding carboxylic acids is 1. The molecule has 2 fully saturated rings. The second-order valence-electron chi connectivity index (χ2n) is 8.09. The quantitative estimate of drug-likeness (QED) is 0.606. The fourth-order valence-electron chi connectivity index (χ4n) is 4.56. The Labute approximate surface area is 184 Å². The Hall–Kier alpha value is -2.03. The lowest BCUT2D eigenvalue weighted by Gasteiger charge is -2.41. The zero-order valence-corrected chi connectivity index (χ0v) is 18.8. The van der Waals surface area contributed by atoms with Crippen LogP contribution in [0.15, 0.2) is 29.8 Å². The molecule has 0 saturated carbocycles. The van der Waals surface area contributed by atoms with E-state index >= 15 is 0 Å². The molecule has 0 N–H and O–H groups in total. The van der Waals surface area contributed by atoms with Crippen LogP contribution >= 0.6 is 22.7 Å². The van der Waals surface area contributed by atoms with Crippen molar-refractivity contribution in [2.45, 2.75) is 44.8 Å². The number of nitrogens with zero attached hydrogens (tertiary/aromatic N) is 4. The average Bonchev–Trinajstić information content (AvgIpc) is 3.42. The van der Waals surface area contributed by atoms with Crippen molar-refractivity contribution >= 4 is 38.8 Å². The maximum Gasteiger partial charge on any atom is 0.273 e. The summed E-state index contributed by atoms with van der Waals surface area (Å²) in [5, 5.41) is 3.78. The average molecular weight is 443 g/mol. The van der Waals surface area contributed by atoms with E-state index in [1.807, 2.05) is 35.4 Å². The van der Waals surface area contributed by atoms with Gasteiger partial charge in [0.1, 0.15) is 6.10 Å². The van der Waals surface area contributed by atoms with Gasteiger partial charge < -0.3 is 9.64 Å². The van der Waals surface area contributed by atoms with Crippen LogP contribution < -0.4 is 4.74 Å². The lowest BCUT2D eigenvalue weighted by atomic mass is 9.98. The van der Waals surface area contributed by atoms with Crippen molar-refractivity contribution in [3.8, 4) is 5.19 Å². The highest BCUT2D eigenvalue weighted by atomic mass is 32.1. The summed E-state index contributed by atoms with van der Waals surface area (Å²) in [6.45, 7) is 5.80. The number of aryl methyl sites for hydroxylation is 1. The predicted molar refractivity (Wildman–Crippen MR) is 121 cm³/mol. The van der Waals surface area contributed by atoms with Crippen LogP contribution in [0, 0.1) is 6.92 Å². The molecule has 8 heteroatoms. The Bertz CT molecular complexity index is 1000. The fourth-order valence-corrected chi connectivity index (χ4v) is 5.98. The summed E-state index contributed by atoms with van der Waals surface area (Å²) < 4.78 is 7.08. The SMILES string of the molecule is Cc1nc2ccc(C(=O)N3CCC(N4CCC(Oc5nccs5)CC4)CC3)cc2s1. The van der Waals surface area contributed by atoms with E-state index in [4.69, 9.17) is 4.74 Å². The zero-order valence-electron chi connectivity index (χ0n) is 17.1. The number of carbonyl (C=O) groups is 1. The van der Waals surface area contributed by atoms with Crippen LogP contribution in [0.4, 0.5) is 0 Å². The Morgan fingerprint density at radius 2 is 1.93 bits per heavy atom. The molecule has 0 unspecified atom stereocenters. The molecule has 3 aromatic rings. The standard InChI is InChI=1S/C22H26N4O2S2/c1-15-24-19-3-2-16(14-20(19)30-15)21(27)26-9-4-17(5-10-26)25-11-6-18(7-12-25)28-22-23-8-13-29-22/h2-3,8,13-14,17-18H,4-7,9-12H2,1H3. The minimum atomic E-state index is 0.150. The molecule has 1 amide bonds. The monoisotopic (exact) mass is 442 g/mol. The third-order valence-electron chi connectivity index (χ3n) is 6.16. The third-order valence-corrected chi connectivity index (χ3v) is 7.76. The number of amides is 1. The van der Waals surface area contributed by atoms with Gasteiger partial charge in [-0.15, -0.1) is 11.3 Å². The van der Waals surface area contributed by atoms with Crippen molar-refractivity contribution in [1.29, 1.82) is 0 Å². The second-order valence-corrected chi connectivity index (χ2v) is 10.2. The molecule has 0 bridgehead atoms. The van der Waals surface area contributed by atoms with Crippen molar-refractivity contribution in [1.82, 2.24) is 19.8 Å². The molecule has 6 nitrogen and oxygen atoms in total. The molecule has 1 aromatic carbocycles. The first-order valence-corrected chi connectivity index (χ1v) is 12.3. The molecule has 4 heterocycles. The first-order chi connectivity index (χ1) is 14.7. The van der Waals surface area contributed by atoms with E-state index in [2.05, 4.69) is 14.9 Å². The number of piperidine rings is 2. The van der Waals surface area contributed by atoms with E-state index in [0.717, 1.165) is 77.8 Å². The smallest absolute Gasteiger partial charge is 0.273 e. The van der Waals surface area contributed by atoms with E-state index in [0.29, 0.717) is 6.04 Å². The van der Waals surface area contributed by atoms with E-state index in [9.17, 15) is 4.79 Å². The molecular weight excluding hydrogens is 416 g/mol. The van der Waals surface area contributed by atoms with Crippen LogP contribution in [0.3, 0.4) is 0 Å².